The molecule has 2 heterocycles. The second-order valence-corrected chi connectivity index (χ2v) is 5.38. The Morgan fingerprint density at radius 1 is 1.44 bits per heavy atom. The quantitative estimate of drug-likeness (QED) is 0.758. The Morgan fingerprint density at radius 2 is 2.06 bits per heavy atom. The lowest BCUT2D eigenvalue weighted by atomic mass is 10.1. The van der Waals surface area contributed by atoms with Crippen LogP contribution in [-0.2, 0) is 13.1 Å². The van der Waals surface area contributed by atoms with Crippen LogP contribution >= 0.6 is 15.9 Å². The number of halogens is 1. The molecule has 0 radical (unpaired) electrons. The average Bonchev–Trinajstić information content (AvgIpc) is 2.60. The van der Waals surface area contributed by atoms with Gasteiger partial charge in [0.05, 0.1) is 5.35 Å². The normalized spacial score (nSPS) is 18.9. The molecule has 1 aromatic rings. The van der Waals surface area contributed by atoms with E-state index in [1.807, 2.05) is 20.9 Å². The maximum Gasteiger partial charge on any atom is 0.253 e. The van der Waals surface area contributed by atoms with Crippen molar-refractivity contribution in [2.24, 2.45) is 0 Å². The van der Waals surface area contributed by atoms with E-state index in [2.05, 4.69) is 31.9 Å². The summed E-state index contributed by atoms with van der Waals surface area (Å²) in [4.78, 5) is 17.0. The molecule has 0 fully saturated rings. The largest absolute Gasteiger partial charge is 0.321 e. The van der Waals surface area contributed by atoms with Gasteiger partial charge < -0.3 is 4.98 Å². The predicted octanol–water partition coefficient (Wildman–Crippen LogP) is 0.644. The fourth-order valence-electron chi connectivity index (χ4n) is 2.24. The van der Waals surface area contributed by atoms with Crippen molar-refractivity contribution in [3.8, 4) is 0 Å². The molecule has 0 atom stereocenters. The number of aromatic nitrogens is 1. The smallest absolute Gasteiger partial charge is 0.253 e. The Balaban J connectivity index is 2.95. The fraction of sp³-hybridized carbons (Fsp3) is 0.417. The first kappa shape index (κ1) is 11.6. The maximum atomic E-state index is 11.9. The van der Waals surface area contributed by atoms with Gasteiger partial charge in [0.25, 0.3) is 5.56 Å². The highest BCUT2D eigenvalue weighted by Gasteiger charge is 2.20. The number of aromatic amines is 1. The van der Waals surface area contributed by atoms with E-state index in [9.17, 15) is 4.79 Å². The molecule has 0 aromatic carbocycles. The lowest BCUT2D eigenvalue weighted by molar-refractivity contribution is 0.352. The van der Waals surface area contributed by atoms with Gasteiger partial charge in [-0.25, -0.2) is 0 Å². The van der Waals surface area contributed by atoms with Crippen molar-refractivity contribution in [1.29, 1.82) is 0 Å². The molecule has 0 bridgehead atoms. The number of hydrogen-bond acceptors (Lipinski definition) is 2. The topological polar surface area (TPSA) is 36.1 Å². The monoisotopic (exact) mass is 282 g/mol. The number of nitrogens with zero attached hydrogens (tertiary/aromatic N) is 1. The van der Waals surface area contributed by atoms with E-state index in [0.717, 1.165) is 33.7 Å². The molecule has 0 saturated carbocycles. The molecule has 0 unspecified atom stereocenters. The fourth-order valence-corrected chi connectivity index (χ4v) is 2.55. The van der Waals surface area contributed by atoms with Crippen LogP contribution in [0.5, 0.6) is 0 Å². The summed E-state index contributed by atoms with van der Waals surface area (Å²) >= 11 is 3.44. The van der Waals surface area contributed by atoms with Crippen LogP contribution in [0.15, 0.2) is 4.79 Å². The van der Waals surface area contributed by atoms with Crippen molar-refractivity contribution in [2.45, 2.75) is 26.9 Å². The predicted molar refractivity (Wildman–Crippen MR) is 69.6 cm³/mol. The Morgan fingerprint density at radius 3 is 2.62 bits per heavy atom. The maximum absolute atomic E-state index is 11.9. The van der Waals surface area contributed by atoms with Gasteiger partial charge in [0.2, 0.25) is 0 Å². The van der Waals surface area contributed by atoms with E-state index in [4.69, 9.17) is 0 Å². The van der Waals surface area contributed by atoms with Crippen molar-refractivity contribution in [2.75, 3.05) is 7.05 Å². The van der Waals surface area contributed by atoms with Crippen LogP contribution in [0.3, 0.4) is 0 Å². The molecule has 1 N–H and O–H groups in total. The van der Waals surface area contributed by atoms with Gasteiger partial charge in [-0.1, -0.05) is 22.0 Å². The number of H-pyrrole nitrogens is 1. The number of fused-ring (bicyclic) bond motifs is 1. The summed E-state index contributed by atoms with van der Waals surface area (Å²) in [6, 6.07) is 0. The molecule has 16 heavy (non-hydrogen) atoms. The molecule has 1 aliphatic heterocycles. The van der Waals surface area contributed by atoms with Crippen LogP contribution in [0.25, 0.3) is 10.6 Å². The third kappa shape index (κ3) is 1.76. The Hall–Kier alpha value is -0.870. The molecule has 0 amide bonds. The van der Waals surface area contributed by atoms with E-state index in [1.165, 1.54) is 5.56 Å². The summed E-state index contributed by atoms with van der Waals surface area (Å²) in [6.07, 6.45) is 2.06. The molecule has 1 aromatic heterocycles. The average molecular weight is 283 g/mol. The van der Waals surface area contributed by atoms with Gasteiger partial charge in [-0.3, -0.25) is 9.69 Å². The van der Waals surface area contributed by atoms with E-state index < -0.39 is 0 Å². The zero-order valence-corrected chi connectivity index (χ0v) is 11.3. The molecule has 86 valence electrons. The summed E-state index contributed by atoms with van der Waals surface area (Å²) in [5.74, 6) is 0. The summed E-state index contributed by atoms with van der Waals surface area (Å²) < 4.78 is 0.968. The minimum atomic E-state index is 0.0405. The van der Waals surface area contributed by atoms with Crippen molar-refractivity contribution < 1.29 is 0 Å². The number of rotatable bonds is 0. The lowest BCUT2D eigenvalue weighted by Crippen LogP contribution is -2.39. The van der Waals surface area contributed by atoms with Crippen LogP contribution in [0.4, 0.5) is 0 Å². The van der Waals surface area contributed by atoms with Gasteiger partial charge in [-0.15, -0.1) is 0 Å². The van der Waals surface area contributed by atoms with Crippen LogP contribution in [0.1, 0.15) is 25.0 Å². The van der Waals surface area contributed by atoms with Gasteiger partial charge in [0.1, 0.15) is 0 Å². The molecule has 0 spiro atoms. The van der Waals surface area contributed by atoms with Crippen molar-refractivity contribution >= 4 is 26.5 Å². The van der Waals surface area contributed by atoms with Gasteiger partial charge >= 0.3 is 0 Å². The minimum Gasteiger partial charge on any atom is -0.321 e. The molecule has 4 heteroatoms. The van der Waals surface area contributed by atoms with Gasteiger partial charge in [0.15, 0.2) is 0 Å². The molecular formula is C12H15BrN2O. The third-order valence-corrected chi connectivity index (χ3v) is 3.36. The second-order valence-electron chi connectivity index (χ2n) is 4.19. The summed E-state index contributed by atoms with van der Waals surface area (Å²) in [5.41, 5.74) is 2.12. The zero-order valence-electron chi connectivity index (χ0n) is 9.72. The van der Waals surface area contributed by atoms with Crippen molar-refractivity contribution in [3.63, 3.8) is 0 Å². The summed E-state index contributed by atoms with van der Waals surface area (Å²) in [5, 5.41) is 2.05. The molecule has 1 aliphatic rings. The first-order valence-corrected chi connectivity index (χ1v) is 6.09. The number of pyridine rings is 1. The van der Waals surface area contributed by atoms with Crippen LogP contribution in [-0.4, -0.2) is 16.9 Å². The summed E-state index contributed by atoms with van der Waals surface area (Å²) in [7, 11) is 2.03. The van der Waals surface area contributed by atoms with Crippen LogP contribution in [0.2, 0.25) is 0 Å². The number of nitrogens with one attached hydrogen (secondary N) is 1. The van der Waals surface area contributed by atoms with Gasteiger partial charge in [-0.05, 0) is 31.7 Å². The first-order chi connectivity index (χ1) is 7.54. The Bertz CT molecular complexity index is 597. The Labute approximate surface area is 103 Å². The SMILES string of the molecule is C/C=c1/c2c(c(=O)[nH]/c1=C(/C)Br)CN(C)C2. The van der Waals surface area contributed by atoms with Crippen molar-refractivity contribution in [3.05, 3.63) is 32.0 Å². The van der Waals surface area contributed by atoms with Crippen LogP contribution < -0.4 is 16.1 Å². The van der Waals surface area contributed by atoms with Gasteiger partial charge in [0, 0.05) is 23.1 Å². The highest BCUT2D eigenvalue weighted by molar-refractivity contribution is 9.14. The first-order valence-electron chi connectivity index (χ1n) is 5.30. The highest BCUT2D eigenvalue weighted by atomic mass is 79.9. The minimum absolute atomic E-state index is 0.0405. The third-order valence-electron chi connectivity index (χ3n) is 2.96. The van der Waals surface area contributed by atoms with E-state index >= 15 is 0 Å². The van der Waals surface area contributed by atoms with E-state index in [1.54, 1.807) is 0 Å². The Kier molecular flexibility index (Phi) is 3.04. The number of hydrogen-bond donors (Lipinski definition) is 1. The molecule has 2 rings (SSSR count). The lowest BCUT2D eigenvalue weighted by Gasteiger charge is -2.03. The van der Waals surface area contributed by atoms with Crippen molar-refractivity contribution in [1.82, 2.24) is 9.88 Å². The van der Waals surface area contributed by atoms with Crippen LogP contribution in [0, 0.1) is 0 Å². The molecule has 0 aliphatic carbocycles. The highest BCUT2D eigenvalue weighted by Crippen LogP contribution is 2.12. The van der Waals surface area contributed by atoms with E-state index in [-0.39, 0.29) is 5.56 Å². The summed E-state index contributed by atoms with van der Waals surface area (Å²) in [6.45, 7) is 5.55. The molecule has 0 saturated heterocycles. The molecule has 3 nitrogen and oxygen atoms in total. The second kappa shape index (κ2) is 4.18. The zero-order chi connectivity index (χ0) is 11.9. The molecular weight excluding hydrogens is 268 g/mol. The standard InChI is InChI=1S/C12H15BrN2O/c1-4-8-9-5-15(3)6-10(9)12(16)14-11(8)7(2)13/h4H,5-6H2,1-3H3,(H,14,16)/b8-4-,11-7-. The van der Waals surface area contributed by atoms with E-state index in [0.29, 0.717) is 0 Å². The van der Waals surface area contributed by atoms with Gasteiger partial charge in [-0.2, -0.15) is 0 Å².